The SMILES string of the molecule is CC1(O)CCN(S(=O)(=O)c2cccnc2NN)C1. The van der Waals surface area contributed by atoms with Gasteiger partial charge in [-0.05, 0) is 25.5 Å². The van der Waals surface area contributed by atoms with E-state index in [1.165, 1.54) is 22.6 Å². The van der Waals surface area contributed by atoms with Crippen LogP contribution < -0.4 is 11.3 Å². The molecule has 7 nitrogen and oxygen atoms in total. The van der Waals surface area contributed by atoms with Crippen molar-refractivity contribution < 1.29 is 13.5 Å². The number of pyridine rings is 1. The summed E-state index contributed by atoms with van der Waals surface area (Å²) in [6, 6.07) is 2.96. The Kier molecular flexibility index (Phi) is 3.28. The molecular formula is C10H16N4O3S. The van der Waals surface area contributed by atoms with Crippen molar-refractivity contribution in [2.45, 2.75) is 23.8 Å². The van der Waals surface area contributed by atoms with Crippen LogP contribution in [0, 0.1) is 0 Å². The fourth-order valence-corrected chi connectivity index (χ4v) is 3.62. The molecule has 8 heteroatoms. The van der Waals surface area contributed by atoms with E-state index in [0.717, 1.165) is 0 Å². The largest absolute Gasteiger partial charge is 0.389 e. The topological polar surface area (TPSA) is 109 Å². The number of sulfonamides is 1. The average Bonchev–Trinajstić information content (AvgIpc) is 2.70. The number of hydrogen-bond acceptors (Lipinski definition) is 6. The van der Waals surface area contributed by atoms with Crippen molar-refractivity contribution in [2.75, 3.05) is 18.5 Å². The molecule has 1 aromatic heterocycles. The summed E-state index contributed by atoms with van der Waals surface area (Å²) in [6.07, 6.45) is 1.87. The van der Waals surface area contributed by atoms with Gasteiger partial charge in [0.25, 0.3) is 0 Å². The maximum absolute atomic E-state index is 12.4. The van der Waals surface area contributed by atoms with E-state index in [1.54, 1.807) is 6.92 Å². The van der Waals surface area contributed by atoms with Crippen LogP contribution in [-0.4, -0.2) is 41.5 Å². The van der Waals surface area contributed by atoms with Crippen LogP contribution in [-0.2, 0) is 10.0 Å². The molecule has 1 aromatic rings. The van der Waals surface area contributed by atoms with Crippen LogP contribution in [0.4, 0.5) is 5.82 Å². The van der Waals surface area contributed by atoms with Gasteiger partial charge in [-0.3, -0.25) is 0 Å². The number of hydrazine groups is 1. The second kappa shape index (κ2) is 4.47. The highest BCUT2D eigenvalue weighted by atomic mass is 32.2. The van der Waals surface area contributed by atoms with Gasteiger partial charge in [-0.1, -0.05) is 0 Å². The van der Waals surface area contributed by atoms with E-state index in [2.05, 4.69) is 10.4 Å². The predicted octanol–water partition coefficient (Wildman–Crippen LogP) is -0.487. The summed E-state index contributed by atoms with van der Waals surface area (Å²) >= 11 is 0. The molecule has 1 fully saturated rings. The van der Waals surface area contributed by atoms with E-state index < -0.39 is 15.6 Å². The smallest absolute Gasteiger partial charge is 0.246 e. The van der Waals surface area contributed by atoms with Gasteiger partial charge in [0.2, 0.25) is 10.0 Å². The van der Waals surface area contributed by atoms with E-state index in [1.807, 2.05) is 0 Å². The van der Waals surface area contributed by atoms with Crippen LogP contribution in [0.15, 0.2) is 23.2 Å². The Morgan fingerprint density at radius 1 is 1.61 bits per heavy atom. The monoisotopic (exact) mass is 272 g/mol. The number of nitrogen functional groups attached to an aromatic ring is 1. The second-order valence-corrected chi connectivity index (χ2v) is 6.49. The number of aromatic nitrogens is 1. The predicted molar refractivity (Wildman–Crippen MR) is 66.0 cm³/mol. The number of hydrogen-bond donors (Lipinski definition) is 3. The highest BCUT2D eigenvalue weighted by Gasteiger charge is 2.39. The number of nitrogens with one attached hydrogen (secondary N) is 1. The molecule has 1 atom stereocenters. The summed E-state index contributed by atoms with van der Waals surface area (Å²) < 4.78 is 26.0. The van der Waals surface area contributed by atoms with Crippen LogP contribution in [0.5, 0.6) is 0 Å². The Morgan fingerprint density at radius 2 is 2.33 bits per heavy atom. The number of nitrogens with two attached hydrogens (primary N) is 1. The summed E-state index contributed by atoms with van der Waals surface area (Å²) in [5, 5.41) is 9.84. The number of nitrogens with zero attached hydrogens (tertiary/aromatic N) is 2. The molecule has 0 amide bonds. The van der Waals surface area contributed by atoms with E-state index in [0.29, 0.717) is 6.42 Å². The molecule has 0 radical (unpaired) electrons. The highest BCUT2D eigenvalue weighted by molar-refractivity contribution is 7.89. The number of aliphatic hydroxyl groups is 1. The highest BCUT2D eigenvalue weighted by Crippen LogP contribution is 2.28. The van der Waals surface area contributed by atoms with Crippen LogP contribution in [0.25, 0.3) is 0 Å². The van der Waals surface area contributed by atoms with Crippen molar-refractivity contribution in [1.29, 1.82) is 0 Å². The molecule has 100 valence electrons. The van der Waals surface area contributed by atoms with Crippen molar-refractivity contribution in [1.82, 2.24) is 9.29 Å². The zero-order valence-corrected chi connectivity index (χ0v) is 10.8. The minimum atomic E-state index is -3.68. The van der Waals surface area contributed by atoms with Crippen molar-refractivity contribution in [3.63, 3.8) is 0 Å². The summed E-state index contributed by atoms with van der Waals surface area (Å²) in [7, 11) is -3.68. The van der Waals surface area contributed by atoms with E-state index >= 15 is 0 Å². The van der Waals surface area contributed by atoms with Crippen LogP contribution in [0.1, 0.15) is 13.3 Å². The van der Waals surface area contributed by atoms with Gasteiger partial charge in [-0.15, -0.1) is 0 Å². The first-order valence-corrected chi connectivity index (χ1v) is 6.95. The Bertz CT molecular complexity index is 544. The minimum absolute atomic E-state index is 0.0187. The third-order valence-electron chi connectivity index (χ3n) is 2.94. The normalized spacial score (nSPS) is 25.3. The molecule has 4 N–H and O–H groups in total. The number of β-amino-alcohol motifs (C(OH)–C–C–N with tert-alkyl or cyclic N) is 1. The molecular weight excluding hydrogens is 256 g/mol. The van der Waals surface area contributed by atoms with Crippen molar-refractivity contribution in [3.8, 4) is 0 Å². The molecule has 0 bridgehead atoms. The standard InChI is InChI=1S/C10H16N4O3S/c1-10(15)4-6-14(7-10)18(16,17)8-3-2-5-12-9(8)13-11/h2-3,5,15H,4,6-7,11H2,1H3,(H,12,13). The van der Waals surface area contributed by atoms with Gasteiger partial charge in [0.15, 0.2) is 5.82 Å². The second-order valence-electron chi connectivity index (χ2n) is 4.58. The first kappa shape index (κ1) is 13.2. The average molecular weight is 272 g/mol. The van der Waals surface area contributed by atoms with Gasteiger partial charge in [-0.2, -0.15) is 4.31 Å². The summed E-state index contributed by atoms with van der Waals surface area (Å²) in [6.45, 7) is 1.98. The number of rotatable bonds is 3. The van der Waals surface area contributed by atoms with Crippen molar-refractivity contribution in [3.05, 3.63) is 18.3 Å². The zero-order chi connectivity index (χ0) is 13.4. The summed E-state index contributed by atoms with van der Waals surface area (Å²) in [5.41, 5.74) is 1.29. The van der Waals surface area contributed by atoms with Gasteiger partial charge < -0.3 is 10.5 Å². The molecule has 0 spiro atoms. The quantitative estimate of drug-likeness (QED) is 0.506. The lowest BCUT2D eigenvalue weighted by Gasteiger charge is -2.19. The minimum Gasteiger partial charge on any atom is -0.389 e. The van der Waals surface area contributed by atoms with Crippen molar-refractivity contribution in [2.24, 2.45) is 5.84 Å². The molecule has 0 aliphatic carbocycles. The lowest BCUT2D eigenvalue weighted by Crippen LogP contribution is -2.34. The summed E-state index contributed by atoms with van der Waals surface area (Å²) in [4.78, 5) is 3.89. The van der Waals surface area contributed by atoms with Gasteiger partial charge in [0.1, 0.15) is 4.90 Å². The van der Waals surface area contributed by atoms with Gasteiger partial charge in [-0.25, -0.2) is 19.2 Å². The van der Waals surface area contributed by atoms with Crippen LogP contribution in [0.2, 0.25) is 0 Å². The molecule has 1 saturated heterocycles. The van der Waals surface area contributed by atoms with Gasteiger partial charge in [0.05, 0.1) is 5.60 Å². The first-order chi connectivity index (χ1) is 8.37. The van der Waals surface area contributed by atoms with Gasteiger partial charge >= 0.3 is 0 Å². The fourth-order valence-electron chi connectivity index (χ4n) is 1.95. The molecule has 2 rings (SSSR count). The maximum Gasteiger partial charge on any atom is 0.246 e. The first-order valence-electron chi connectivity index (χ1n) is 5.51. The van der Waals surface area contributed by atoms with Crippen molar-refractivity contribution >= 4 is 15.8 Å². The Labute approximate surface area is 106 Å². The molecule has 1 aliphatic rings. The molecule has 2 heterocycles. The maximum atomic E-state index is 12.4. The van der Waals surface area contributed by atoms with Gasteiger partial charge in [0, 0.05) is 19.3 Å². The summed E-state index contributed by atoms with van der Waals surface area (Å²) in [5.74, 6) is 5.36. The Balaban J connectivity index is 2.38. The molecule has 0 aromatic carbocycles. The molecule has 0 saturated carbocycles. The zero-order valence-electron chi connectivity index (χ0n) is 10.00. The number of anilines is 1. The Hall–Kier alpha value is -1.22. The fraction of sp³-hybridized carbons (Fsp3) is 0.500. The van der Waals surface area contributed by atoms with Crippen LogP contribution in [0.3, 0.4) is 0 Å². The lowest BCUT2D eigenvalue weighted by molar-refractivity contribution is 0.0762. The lowest BCUT2D eigenvalue weighted by atomic mass is 10.1. The molecule has 18 heavy (non-hydrogen) atoms. The third-order valence-corrected chi connectivity index (χ3v) is 4.82. The van der Waals surface area contributed by atoms with E-state index in [-0.39, 0.29) is 23.8 Å². The van der Waals surface area contributed by atoms with Crippen LogP contribution >= 0.6 is 0 Å². The van der Waals surface area contributed by atoms with E-state index in [4.69, 9.17) is 5.84 Å². The third kappa shape index (κ3) is 2.32. The molecule has 1 aliphatic heterocycles. The molecule has 1 unspecified atom stereocenters. The Morgan fingerprint density at radius 3 is 2.89 bits per heavy atom. The van der Waals surface area contributed by atoms with E-state index in [9.17, 15) is 13.5 Å².